The van der Waals surface area contributed by atoms with E-state index in [9.17, 15) is 4.57 Å². The molecule has 2 aromatic heterocycles. The van der Waals surface area contributed by atoms with Crippen LogP contribution in [-0.4, -0.2) is 93.3 Å². The van der Waals surface area contributed by atoms with Crippen LogP contribution in [0.4, 0.5) is 5.82 Å². The molecule has 0 radical (unpaired) electrons. The van der Waals surface area contributed by atoms with Crippen molar-refractivity contribution in [3.05, 3.63) is 120 Å². The highest BCUT2D eigenvalue weighted by Crippen LogP contribution is 2.54. The topological polar surface area (TPSA) is 101 Å². The van der Waals surface area contributed by atoms with Gasteiger partial charge in [-0.15, -0.1) is 0 Å². The van der Waals surface area contributed by atoms with Gasteiger partial charge in [-0.2, -0.15) is 0 Å². The van der Waals surface area contributed by atoms with Gasteiger partial charge in [0.25, 0.3) is 0 Å². The van der Waals surface area contributed by atoms with Crippen molar-refractivity contribution in [2.24, 2.45) is 4.99 Å². The van der Waals surface area contributed by atoms with E-state index >= 15 is 0 Å². The Morgan fingerprint density at radius 1 is 0.939 bits per heavy atom. The minimum Gasteiger partial charge on any atom is -0.363 e. The molecule has 49 heavy (non-hydrogen) atoms. The lowest BCUT2D eigenvalue weighted by atomic mass is 9.75. The number of aliphatic imine (C=N–C) groups is 1. The van der Waals surface area contributed by atoms with Gasteiger partial charge in [0.15, 0.2) is 17.0 Å². The molecule has 2 aliphatic heterocycles. The highest BCUT2D eigenvalue weighted by atomic mass is 35.7. The van der Waals surface area contributed by atoms with E-state index in [2.05, 4.69) is 92.6 Å². The third-order valence-corrected chi connectivity index (χ3v) is 11.9. The fourth-order valence-electron chi connectivity index (χ4n) is 6.90. The molecule has 13 heteroatoms. The summed E-state index contributed by atoms with van der Waals surface area (Å²) in [6, 6.07) is 31.5. The van der Waals surface area contributed by atoms with Crippen LogP contribution in [-0.2, 0) is 19.4 Å². The molecule has 11 nitrogen and oxygen atoms in total. The molecular formula is C36H40ClN8O3P. The summed E-state index contributed by atoms with van der Waals surface area (Å²) in [7, 11) is 5.32. The van der Waals surface area contributed by atoms with Crippen molar-refractivity contribution in [2.75, 3.05) is 47.4 Å². The molecular weight excluding hydrogens is 659 g/mol. The Kier molecular flexibility index (Phi) is 9.66. The number of ether oxygens (including phenoxy) is 1. The number of fused-ring (bicyclic) bond motifs is 1. The van der Waals surface area contributed by atoms with Crippen molar-refractivity contribution in [2.45, 2.75) is 30.7 Å². The number of hydrogen-bond acceptors (Lipinski definition) is 8. The highest BCUT2D eigenvalue weighted by Gasteiger charge is 2.47. The number of imidazole rings is 1. The second-order valence-electron chi connectivity index (χ2n) is 12.6. The Labute approximate surface area is 291 Å². The standard InChI is InChI=1S/C36H40ClN8O3P/c1-42(2)49(37,46)47-24-30-22-44(36(27-14-7-4-8-15-27,28-16-9-5-10-17-28)29-18-11-6-12-19-29)23-32(48-30)45-26-40-33-34(38-25-39-35(33)45)41-31-20-13-21-43(31)3/h4-12,14-19,25-26,30,32H,13,20-24H2,1-3H3/t30-,32+,49-/m0/s1. The fraction of sp³-hybridized carbons (Fsp3) is 0.333. The number of halogens is 1. The molecule has 0 saturated carbocycles. The minimum absolute atomic E-state index is 0.00720. The third kappa shape index (κ3) is 6.55. The molecule has 3 atom stereocenters. The van der Waals surface area contributed by atoms with Gasteiger partial charge in [-0.1, -0.05) is 91.0 Å². The second-order valence-corrected chi connectivity index (χ2v) is 15.8. The van der Waals surface area contributed by atoms with Crippen LogP contribution in [0.25, 0.3) is 11.2 Å². The Hall–Kier alpha value is -3.96. The van der Waals surface area contributed by atoms with E-state index in [1.165, 1.54) is 11.0 Å². The van der Waals surface area contributed by atoms with E-state index < -0.39 is 24.7 Å². The zero-order valence-corrected chi connectivity index (χ0v) is 29.5. The molecule has 0 spiro atoms. The first-order valence-electron chi connectivity index (χ1n) is 16.4. The van der Waals surface area contributed by atoms with Gasteiger partial charge in [-0.3, -0.25) is 14.0 Å². The molecule has 0 unspecified atom stereocenters. The van der Waals surface area contributed by atoms with Crippen molar-refractivity contribution in [3.8, 4) is 0 Å². The molecule has 3 aromatic carbocycles. The lowest BCUT2D eigenvalue weighted by Crippen LogP contribution is -2.57. The summed E-state index contributed by atoms with van der Waals surface area (Å²) in [6.07, 6.45) is 4.15. The largest absolute Gasteiger partial charge is 0.363 e. The number of nitrogens with zero attached hydrogens (tertiary/aromatic N) is 8. The van der Waals surface area contributed by atoms with Crippen molar-refractivity contribution in [1.29, 1.82) is 0 Å². The van der Waals surface area contributed by atoms with Crippen LogP contribution in [0.3, 0.4) is 0 Å². The summed E-state index contributed by atoms with van der Waals surface area (Å²) in [4.78, 5) is 23.4. The summed E-state index contributed by atoms with van der Waals surface area (Å²) in [5.74, 6) is 1.51. The second kappa shape index (κ2) is 14.1. The van der Waals surface area contributed by atoms with Gasteiger partial charge in [0.05, 0.1) is 24.6 Å². The number of likely N-dealkylation sites (tertiary alicyclic amines) is 1. The van der Waals surface area contributed by atoms with Crippen molar-refractivity contribution >= 4 is 40.9 Å². The summed E-state index contributed by atoms with van der Waals surface area (Å²) >= 11 is 6.36. The molecule has 0 bridgehead atoms. The van der Waals surface area contributed by atoms with E-state index in [4.69, 9.17) is 30.5 Å². The number of hydrogen-bond donors (Lipinski definition) is 0. The summed E-state index contributed by atoms with van der Waals surface area (Å²) in [5, 5.41) is 0. The van der Waals surface area contributed by atoms with E-state index in [0.29, 0.717) is 30.1 Å². The van der Waals surface area contributed by atoms with Crippen LogP contribution in [0.2, 0.25) is 0 Å². The third-order valence-electron chi connectivity index (χ3n) is 9.32. The van der Waals surface area contributed by atoms with Gasteiger partial charge in [0, 0.05) is 33.1 Å². The van der Waals surface area contributed by atoms with Gasteiger partial charge in [0.1, 0.15) is 18.4 Å². The van der Waals surface area contributed by atoms with Gasteiger partial charge in [-0.05, 0) is 48.4 Å². The molecule has 2 fully saturated rings. The summed E-state index contributed by atoms with van der Waals surface area (Å²) < 4.78 is 29.2. The number of aromatic nitrogens is 4. The molecule has 2 aliphatic rings. The first-order valence-corrected chi connectivity index (χ1v) is 18.9. The van der Waals surface area contributed by atoms with Gasteiger partial charge >= 0.3 is 6.87 Å². The van der Waals surface area contributed by atoms with E-state index in [-0.39, 0.29) is 6.61 Å². The lowest BCUT2D eigenvalue weighted by Gasteiger charge is -2.50. The van der Waals surface area contributed by atoms with E-state index in [1.54, 1.807) is 20.4 Å². The zero-order chi connectivity index (χ0) is 34.0. The maximum absolute atomic E-state index is 13.1. The Balaban J connectivity index is 1.37. The quantitative estimate of drug-likeness (QED) is 0.117. The number of benzene rings is 3. The van der Waals surface area contributed by atoms with Gasteiger partial charge < -0.3 is 14.2 Å². The predicted octanol–water partition coefficient (Wildman–Crippen LogP) is 6.70. The van der Waals surface area contributed by atoms with Crippen molar-refractivity contribution < 1.29 is 13.8 Å². The SMILES string of the molecule is CN1CCCC1=Nc1ncnc2c1ncn2[C@H]1CN(C(c2ccccc2)(c2ccccc2)c2ccccc2)C[C@@H](CO[P@@](=O)(Cl)N(C)C)O1. The van der Waals surface area contributed by atoms with Crippen molar-refractivity contribution in [3.63, 3.8) is 0 Å². The lowest BCUT2D eigenvalue weighted by molar-refractivity contribution is -0.145. The molecule has 4 heterocycles. The molecule has 0 N–H and O–H groups in total. The number of morpholine rings is 1. The van der Waals surface area contributed by atoms with Crippen LogP contribution in [0.15, 0.2) is 109 Å². The Bertz CT molecular complexity index is 1860. The smallest absolute Gasteiger partial charge is 0.362 e. The molecule has 7 rings (SSSR count). The van der Waals surface area contributed by atoms with Crippen LogP contribution < -0.4 is 0 Å². The molecule has 5 aromatic rings. The van der Waals surface area contributed by atoms with E-state index in [0.717, 1.165) is 41.9 Å². The maximum Gasteiger partial charge on any atom is 0.362 e. The van der Waals surface area contributed by atoms with Crippen molar-refractivity contribution in [1.82, 2.24) is 34.0 Å². The van der Waals surface area contributed by atoms with Crippen LogP contribution >= 0.6 is 18.1 Å². The fourth-order valence-corrected chi connectivity index (χ4v) is 7.65. The average molecular weight is 699 g/mol. The van der Waals surface area contributed by atoms with Gasteiger partial charge in [0.2, 0.25) is 0 Å². The zero-order valence-electron chi connectivity index (χ0n) is 27.8. The normalized spacial score (nSPS) is 21.1. The molecule has 2 saturated heterocycles. The molecule has 0 amide bonds. The number of amidine groups is 1. The highest BCUT2D eigenvalue weighted by molar-refractivity contribution is 7.83. The monoisotopic (exact) mass is 698 g/mol. The van der Waals surface area contributed by atoms with Crippen LogP contribution in [0, 0.1) is 0 Å². The molecule has 0 aliphatic carbocycles. The van der Waals surface area contributed by atoms with Crippen LogP contribution in [0.5, 0.6) is 0 Å². The first kappa shape index (κ1) is 33.5. The average Bonchev–Trinajstić information content (AvgIpc) is 3.75. The first-order chi connectivity index (χ1) is 23.8. The van der Waals surface area contributed by atoms with E-state index in [1.807, 2.05) is 29.8 Å². The minimum atomic E-state index is -3.56. The summed E-state index contributed by atoms with van der Waals surface area (Å²) in [5.41, 5.74) is 3.78. The molecule has 254 valence electrons. The maximum atomic E-state index is 13.1. The Morgan fingerprint density at radius 3 is 2.10 bits per heavy atom. The van der Waals surface area contributed by atoms with Crippen LogP contribution in [0.1, 0.15) is 35.8 Å². The Morgan fingerprint density at radius 2 is 1.55 bits per heavy atom. The summed E-state index contributed by atoms with van der Waals surface area (Å²) in [6.45, 7) is -1.68. The predicted molar refractivity (Wildman–Crippen MR) is 192 cm³/mol. The number of rotatable bonds is 10. The van der Waals surface area contributed by atoms with Gasteiger partial charge in [-0.25, -0.2) is 24.6 Å².